The molecule has 4 saturated carbocycles. The van der Waals surface area contributed by atoms with Crippen LogP contribution in [0.25, 0.3) is 0 Å². The van der Waals surface area contributed by atoms with Crippen molar-refractivity contribution in [3.63, 3.8) is 0 Å². The number of pyridine rings is 1. The predicted octanol–water partition coefficient (Wildman–Crippen LogP) is 4.65. The first-order valence-electron chi connectivity index (χ1n) is 10.7. The molecular formula is C22H33Cl2N3O. The zero-order valence-corrected chi connectivity index (χ0v) is 18.4. The number of hydrogen-bond donors (Lipinski definition) is 2. The third-order valence-electron chi connectivity index (χ3n) is 6.98. The number of nitrogens with one attached hydrogen (secondary N) is 2. The summed E-state index contributed by atoms with van der Waals surface area (Å²) in [5, 5.41) is 7.01. The lowest BCUT2D eigenvalue weighted by atomic mass is 9.49. The van der Waals surface area contributed by atoms with Crippen LogP contribution < -0.4 is 10.6 Å². The quantitative estimate of drug-likeness (QED) is 0.596. The standard InChI is InChI=1S/C22H32ClN3O.ClH/c1-2-24-5-3-4-18-9-19(20(23)13-25-18)21(27)26-14-22-10-15-6-16(11-22)8-17(7-15)12-22;/h9,13,15-17,24H,2-8,10-12,14H2,1H3,(H,26,27);1H. The molecule has 1 amide bonds. The van der Waals surface area contributed by atoms with Gasteiger partial charge in [0.2, 0.25) is 0 Å². The Balaban J connectivity index is 0.00000225. The van der Waals surface area contributed by atoms with Crippen LogP contribution in [-0.2, 0) is 6.42 Å². The van der Waals surface area contributed by atoms with Crippen LogP contribution in [0.15, 0.2) is 12.3 Å². The Hall–Kier alpha value is -0.840. The van der Waals surface area contributed by atoms with Crippen LogP contribution in [0.5, 0.6) is 0 Å². The summed E-state index contributed by atoms with van der Waals surface area (Å²) in [5.41, 5.74) is 1.87. The van der Waals surface area contributed by atoms with E-state index in [0.717, 1.165) is 55.9 Å². The number of aryl methyl sites for hydroxylation is 1. The SMILES string of the molecule is CCNCCCc1cc(C(=O)NCC23CC4CC(CC(C4)C2)C3)c(Cl)cn1.Cl. The second kappa shape index (κ2) is 9.32. The number of hydrogen-bond acceptors (Lipinski definition) is 3. The number of carbonyl (C=O) groups excluding carboxylic acids is 1. The number of amides is 1. The summed E-state index contributed by atoms with van der Waals surface area (Å²) in [6, 6.07) is 1.88. The fourth-order valence-electron chi connectivity index (χ4n) is 6.23. The number of rotatable bonds is 8. The largest absolute Gasteiger partial charge is 0.351 e. The predicted molar refractivity (Wildman–Crippen MR) is 116 cm³/mol. The van der Waals surface area contributed by atoms with Gasteiger partial charge in [-0.05, 0) is 93.7 Å². The van der Waals surface area contributed by atoms with Crippen LogP contribution in [0.2, 0.25) is 5.02 Å². The topological polar surface area (TPSA) is 54.0 Å². The van der Waals surface area contributed by atoms with Crippen LogP contribution in [0, 0.1) is 23.2 Å². The van der Waals surface area contributed by atoms with Gasteiger partial charge in [-0.3, -0.25) is 9.78 Å². The van der Waals surface area contributed by atoms with Gasteiger partial charge in [-0.25, -0.2) is 0 Å². The van der Waals surface area contributed by atoms with Crippen molar-refractivity contribution < 1.29 is 4.79 Å². The Bertz CT molecular complexity index is 659. The van der Waals surface area contributed by atoms with Crippen LogP contribution in [-0.4, -0.2) is 30.5 Å². The molecule has 0 aliphatic heterocycles. The van der Waals surface area contributed by atoms with Gasteiger partial charge in [-0.2, -0.15) is 0 Å². The van der Waals surface area contributed by atoms with Crippen molar-refractivity contribution in [1.82, 2.24) is 15.6 Å². The van der Waals surface area contributed by atoms with Crippen molar-refractivity contribution in [3.8, 4) is 0 Å². The highest BCUT2D eigenvalue weighted by atomic mass is 35.5. The van der Waals surface area contributed by atoms with E-state index < -0.39 is 0 Å². The molecule has 4 bridgehead atoms. The van der Waals surface area contributed by atoms with Crippen molar-refractivity contribution in [1.29, 1.82) is 0 Å². The molecule has 5 rings (SSSR count). The molecule has 4 aliphatic carbocycles. The molecule has 4 nitrogen and oxygen atoms in total. The molecule has 0 radical (unpaired) electrons. The van der Waals surface area contributed by atoms with Gasteiger partial charge in [0.25, 0.3) is 5.91 Å². The Labute approximate surface area is 180 Å². The summed E-state index contributed by atoms with van der Waals surface area (Å²) >= 11 is 6.29. The van der Waals surface area contributed by atoms with E-state index in [9.17, 15) is 4.79 Å². The van der Waals surface area contributed by atoms with E-state index in [-0.39, 0.29) is 18.3 Å². The maximum Gasteiger partial charge on any atom is 0.252 e. The first kappa shape index (κ1) is 21.9. The molecule has 0 saturated heterocycles. The van der Waals surface area contributed by atoms with Crippen LogP contribution in [0.1, 0.15) is 67.9 Å². The molecule has 0 unspecified atom stereocenters. The van der Waals surface area contributed by atoms with Gasteiger partial charge in [0.1, 0.15) is 0 Å². The van der Waals surface area contributed by atoms with Gasteiger partial charge < -0.3 is 10.6 Å². The molecule has 1 heterocycles. The minimum Gasteiger partial charge on any atom is -0.351 e. The normalized spacial score (nSPS) is 30.1. The van der Waals surface area contributed by atoms with Crippen LogP contribution in [0.4, 0.5) is 0 Å². The first-order valence-corrected chi connectivity index (χ1v) is 11.1. The van der Waals surface area contributed by atoms with Crippen molar-refractivity contribution in [2.24, 2.45) is 23.2 Å². The zero-order valence-electron chi connectivity index (χ0n) is 16.8. The lowest BCUT2D eigenvalue weighted by Gasteiger charge is -2.56. The van der Waals surface area contributed by atoms with Gasteiger partial charge in [-0.1, -0.05) is 18.5 Å². The number of nitrogens with zero attached hydrogens (tertiary/aromatic N) is 1. The lowest BCUT2D eigenvalue weighted by Crippen LogP contribution is -2.51. The Morgan fingerprint density at radius 2 is 1.86 bits per heavy atom. The minimum absolute atomic E-state index is 0. The number of halogens is 2. The first-order chi connectivity index (χ1) is 13.1. The summed E-state index contributed by atoms with van der Waals surface area (Å²) in [7, 11) is 0. The van der Waals surface area contributed by atoms with E-state index in [1.807, 2.05) is 6.07 Å². The van der Waals surface area contributed by atoms with Crippen molar-refractivity contribution in [2.45, 2.75) is 58.3 Å². The van der Waals surface area contributed by atoms with Crippen molar-refractivity contribution >= 4 is 29.9 Å². The third-order valence-corrected chi connectivity index (χ3v) is 7.28. The maximum absolute atomic E-state index is 12.9. The molecule has 4 aliphatic rings. The van der Waals surface area contributed by atoms with Gasteiger partial charge in [0.05, 0.1) is 10.6 Å². The number of carbonyl (C=O) groups is 1. The second-order valence-corrected chi connectivity index (χ2v) is 9.62. The molecule has 0 atom stereocenters. The van der Waals surface area contributed by atoms with E-state index in [1.54, 1.807) is 6.20 Å². The van der Waals surface area contributed by atoms with Gasteiger partial charge in [0, 0.05) is 18.4 Å². The Kier molecular flexibility index (Phi) is 7.27. The van der Waals surface area contributed by atoms with Gasteiger partial charge in [-0.15, -0.1) is 12.4 Å². The molecule has 0 spiro atoms. The van der Waals surface area contributed by atoms with Crippen molar-refractivity contribution in [2.75, 3.05) is 19.6 Å². The monoisotopic (exact) mass is 425 g/mol. The summed E-state index contributed by atoms with van der Waals surface area (Å²) in [5.74, 6) is 2.68. The van der Waals surface area contributed by atoms with E-state index in [1.165, 1.54) is 38.5 Å². The third kappa shape index (κ3) is 4.83. The smallest absolute Gasteiger partial charge is 0.252 e. The molecule has 2 N–H and O–H groups in total. The summed E-state index contributed by atoms with van der Waals surface area (Å²) in [4.78, 5) is 17.2. The lowest BCUT2D eigenvalue weighted by molar-refractivity contribution is -0.0503. The highest BCUT2D eigenvalue weighted by molar-refractivity contribution is 6.33. The van der Waals surface area contributed by atoms with Gasteiger partial charge >= 0.3 is 0 Å². The number of aromatic nitrogens is 1. The average molecular weight is 426 g/mol. The second-order valence-electron chi connectivity index (χ2n) is 9.21. The fourth-order valence-corrected chi connectivity index (χ4v) is 6.42. The average Bonchev–Trinajstić information content (AvgIpc) is 2.63. The summed E-state index contributed by atoms with van der Waals surface area (Å²) in [6.45, 7) is 4.86. The van der Waals surface area contributed by atoms with E-state index in [4.69, 9.17) is 11.6 Å². The molecule has 6 heteroatoms. The molecule has 0 aromatic carbocycles. The summed E-state index contributed by atoms with van der Waals surface area (Å²) in [6.07, 6.45) is 11.7. The van der Waals surface area contributed by atoms with Crippen LogP contribution in [0.3, 0.4) is 0 Å². The minimum atomic E-state index is -0.0360. The Morgan fingerprint density at radius 1 is 1.21 bits per heavy atom. The molecular weight excluding hydrogens is 393 g/mol. The van der Waals surface area contributed by atoms with E-state index in [2.05, 4.69) is 22.5 Å². The zero-order chi connectivity index (χ0) is 18.9. The molecule has 156 valence electrons. The van der Waals surface area contributed by atoms with Crippen molar-refractivity contribution in [3.05, 3.63) is 28.5 Å². The molecule has 1 aromatic rings. The van der Waals surface area contributed by atoms with Gasteiger partial charge in [0.15, 0.2) is 0 Å². The maximum atomic E-state index is 12.9. The van der Waals surface area contributed by atoms with E-state index >= 15 is 0 Å². The summed E-state index contributed by atoms with van der Waals surface area (Å²) < 4.78 is 0. The Morgan fingerprint density at radius 3 is 2.46 bits per heavy atom. The molecule has 1 aromatic heterocycles. The van der Waals surface area contributed by atoms with E-state index in [0.29, 0.717) is 16.0 Å². The molecule has 4 fully saturated rings. The fraction of sp³-hybridized carbons (Fsp3) is 0.727. The molecule has 28 heavy (non-hydrogen) atoms. The highest BCUT2D eigenvalue weighted by Crippen LogP contribution is 2.59. The highest BCUT2D eigenvalue weighted by Gasteiger charge is 2.50. The van der Waals surface area contributed by atoms with Crippen LogP contribution >= 0.6 is 24.0 Å².